The lowest BCUT2D eigenvalue weighted by atomic mass is 9.98. The van der Waals surface area contributed by atoms with Gasteiger partial charge in [-0.1, -0.05) is 0 Å². The maximum absolute atomic E-state index is 12.2. The van der Waals surface area contributed by atoms with Crippen LogP contribution in [-0.4, -0.2) is 49.3 Å². The first-order chi connectivity index (χ1) is 12.3. The number of anilines is 1. The van der Waals surface area contributed by atoms with Crippen molar-refractivity contribution in [1.82, 2.24) is 4.90 Å². The summed E-state index contributed by atoms with van der Waals surface area (Å²) in [6.07, 6.45) is 1.72. The highest BCUT2D eigenvalue weighted by molar-refractivity contribution is 5.92. The van der Waals surface area contributed by atoms with E-state index in [1.807, 2.05) is 45.0 Å². The number of aliphatic imine (C=N–C) groups is 1. The fourth-order valence-electron chi connectivity index (χ4n) is 2.80. The molecule has 1 heterocycles. The van der Waals surface area contributed by atoms with Crippen molar-refractivity contribution in [2.45, 2.75) is 39.2 Å². The highest BCUT2D eigenvalue weighted by Crippen LogP contribution is 2.20. The minimum Gasteiger partial charge on any atom is -0.497 e. The van der Waals surface area contributed by atoms with Gasteiger partial charge in [0.15, 0.2) is 5.96 Å². The first-order valence-electron chi connectivity index (χ1n) is 8.96. The van der Waals surface area contributed by atoms with Crippen LogP contribution in [0, 0.1) is 5.92 Å². The minimum atomic E-state index is -0.477. The van der Waals surface area contributed by atoms with Crippen molar-refractivity contribution >= 4 is 17.7 Å². The predicted molar refractivity (Wildman–Crippen MR) is 104 cm³/mol. The molecule has 0 saturated carbocycles. The molecule has 1 aliphatic heterocycles. The number of piperidine rings is 1. The number of nitrogens with one attached hydrogen (secondary N) is 1. The molecule has 1 atom stereocenters. The second-order valence-electron chi connectivity index (χ2n) is 7.51. The molecule has 144 valence electrons. The smallest absolute Gasteiger partial charge is 0.410 e. The molecule has 7 heteroatoms. The quantitative estimate of drug-likeness (QED) is 0.635. The number of rotatable bonds is 4. The van der Waals surface area contributed by atoms with Crippen molar-refractivity contribution in [3.63, 3.8) is 0 Å². The maximum Gasteiger partial charge on any atom is 0.410 e. The summed E-state index contributed by atoms with van der Waals surface area (Å²) in [7, 11) is 1.63. The first-order valence-corrected chi connectivity index (χ1v) is 8.96. The van der Waals surface area contributed by atoms with Crippen molar-refractivity contribution < 1.29 is 14.3 Å². The minimum absolute atomic E-state index is 0.254. The molecule has 1 aromatic rings. The second-order valence-corrected chi connectivity index (χ2v) is 7.51. The molecule has 1 aliphatic rings. The van der Waals surface area contributed by atoms with Crippen LogP contribution in [0.3, 0.4) is 0 Å². The standard InChI is InChI=1S/C19H30N4O3/c1-19(2,3)26-18(24)23-11-5-6-14(13-23)12-21-17(20)22-15-7-9-16(25-4)10-8-15/h7-10,14H,5-6,11-13H2,1-4H3,(H3,20,21,22). The Morgan fingerprint density at radius 1 is 1.35 bits per heavy atom. The summed E-state index contributed by atoms with van der Waals surface area (Å²) in [6, 6.07) is 7.48. The summed E-state index contributed by atoms with van der Waals surface area (Å²) in [6.45, 7) is 7.59. The van der Waals surface area contributed by atoms with Crippen LogP contribution >= 0.6 is 0 Å². The molecular weight excluding hydrogens is 332 g/mol. The van der Waals surface area contributed by atoms with Gasteiger partial charge in [-0.3, -0.25) is 4.99 Å². The summed E-state index contributed by atoms with van der Waals surface area (Å²) < 4.78 is 10.6. The van der Waals surface area contributed by atoms with E-state index in [-0.39, 0.29) is 12.0 Å². The van der Waals surface area contributed by atoms with E-state index in [2.05, 4.69) is 10.3 Å². The largest absolute Gasteiger partial charge is 0.497 e. The molecule has 3 N–H and O–H groups in total. The van der Waals surface area contributed by atoms with E-state index in [9.17, 15) is 4.79 Å². The number of guanidine groups is 1. The molecule has 0 aromatic heterocycles. The average Bonchev–Trinajstić information content (AvgIpc) is 2.59. The molecule has 26 heavy (non-hydrogen) atoms. The Morgan fingerprint density at radius 2 is 2.04 bits per heavy atom. The van der Waals surface area contributed by atoms with Crippen molar-refractivity contribution in [1.29, 1.82) is 0 Å². The third-order valence-electron chi connectivity index (χ3n) is 4.05. The zero-order chi connectivity index (χ0) is 19.2. The molecule has 1 aromatic carbocycles. The normalized spacial score (nSPS) is 18.4. The number of hydrogen-bond acceptors (Lipinski definition) is 4. The number of amides is 1. The van der Waals surface area contributed by atoms with Crippen LogP contribution in [0.25, 0.3) is 0 Å². The maximum atomic E-state index is 12.2. The van der Waals surface area contributed by atoms with Crippen LogP contribution in [0.5, 0.6) is 5.75 Å². The number of hydrogen-bond donors (Lipinski definition) is 2. The summed E-state index contributed by atoms with van der Waals surface area (Å²) in [5, 5.41) is 3.06. The molecular formula is C19H30N4O3. The Morgan fingerprint density at radius 3 is 2.65 bits per heavy atom. The fourth-order valence-corrected chi connectivity index (χ4v) is 2.80. The van der Waals surface area contributed by atoms with E-state index < -0.39 is 5.60 Å². The number of likely N-dealkylation sites (tertiary alicyclic amines) is 1. The van der Waals surface area contributed by atoms with Crippen LogP contribution in [-0.2, 0) is 4.74 Å². The van der Waals surface area contributed by atoms with Crippen molar-refractivity contribution in [2.24, 2.45) is 16.6 Å². The summed E-state index contributed by atoms with van der Waals surface area (Å²) in [4.78, 5) is 18.4. The predicted octanol–water partition coefficient (Wildman–Crippen LogP) is 3.07. The van der Waals surface area contributed by atoms with E-state index in [4.69, 9.17) is 15.2 Å². The Hall–Kier alpha value is -2.44. The third kappa shape index (κ3) is 6.46. The topological polar surface area (TPSA) is 89.2 Å². The Labute approximate surface area is 155 Å². The van der Waals surface area contributed by atoms with E-state index in [0.29, 0.717) is 19.0 Å². The SMILES string of the molecule is COc1ccc(NC(N)=NCC2CCCN(C(=O)OC(C)(C)C)C2)cc1. The average molecular weight is 362 g/mol. The number of nitrogens with zero attached hydrogens (tertiary/aromatic N) is 2. The van der Waals surface area contributed by atoms with Gasteiger partial charge in [0.25, 0.3) is 0 Å². The highest BCUT2D eigenvalue weighted by atomic mass is 16.6. The monoisotopic (exact) mass is 362 g/mol. The van der Waals surface area contributed by atoms with Crippen LogP contribution in [0.15, 0.2) is 29.3 Å². The summed E-state index contributed by atoms with van der Waals surface area (Å²) in [5.41, 5.74) is 6.35. The van der Waals surface area contributed by atoms with E-state index in [0.717, 1.165) is 30.8 Å². The van der Waals surface area contributed by atoms with Crippen molar-refractivity contribution in [2.75, 3.05) is 32.1 Å². The van der Waals surface area contributed by atoms with Crippen LogP contribution in [0.2, 0.25) is 0 Å². The first kappa shape index (κ1) is 19.9. The Bertz CT molecular complexity index is 623. The zero-order valence-electron chi connectivity index (χ0n) is 16.1. The molecule has 7 nitrogen and oxygen atoms in total. The number of benzene rings is 1. The number of ether oxygens (including phenoxy) is 2. The second kappa shape index (κ2) is 8.78. The lowest BCUT2D eigenvalue weighted by Gasteiger charge is -2.33. The van der Waals surface area contributed by atoms with Crippen LogP contribution in [0.4, 0.5) is 10.5 Å². The van der Waals surface area contributed by atoms with Gasteiger partial charge in [0.2, 0.25) is 0 Å². The molecule has 1 fully saturated rings. The third-order valence-corrected chi connectivity index (χ3v) is 4.05. The van der Waals surface area contributed by atoms with E-state index >= 15 is 0 Å². The number of nitrogens with two attached hydrogens (primary N) is 1. The van der Waals surface area contributed by atoms with Gasteiger partial charge in [0, 0.05) is 25.3 Å². The summed E-state index contributed by atoms with van der Waals surface area (Å²) in [5.74, 6) is 1.44. The van der Waals surface area contributed by atoms with Gasteiger partial charge < -0.3 is 25.4 Å². The van der Waals surface area contributed by atoms with Crippen molar-refractivity contribution in [3.8, 4) is 5.75 Å². The Balaban J connectivity index is 1.84. The van der Waals surface area contributed by atoms with Gasteiger partial charge in [-0.05, 0) is 63.8 Å². The lowest BCUT2D eigenvalue weighted by Crippen LogP contribution is -2.43. The van der Waals surface area contributed by atoms with Crippen LogP contribution in [0.1, 0.15) is 33.6 Å². The van der Waals surface area contributed by atoms with Gasteiger partial charge in [0.05, 0.1) is 7.11 Å². The van der Waals surface area contributed by atoms with Gasteiger partial charge in [0.1, 0.15) is 11.4 Å². The van der Waals surface area contributed by atoms with Gasteiger partial charge >= 0.3 is 6.09 Å². The van der Waals surface area contributed by atoms with Crippen LogP contribution < -0.4 is 15.8 Å². The van der Waals surface area contributed by atoms with E-state index in [1.165, 1.54) is 0 Å². The molecule has 1 saturated heterocycles. The molecule has 0 spiro atoms. The number of methoxy groups -OCH3 is 1. The van der Waals surface area contributed by atoms with E-state index in [1.54, 1.807) is 12.0 Å². The number of carbonyl (C=O) groups excluding carboxylic acids is 1. The zero-order valence-corrected chi connectivity index (χ0v) is 16.1. The molecule has 0 aliphatic carbocycles. The van der Waals surface area contributed by atoms with Gasteiger partial charge in [-0.15, -0.1) is 0 Å². The highest BCUT2D eigenvalue weighted by Gasteiger charge is 2.27. The molecule has 1 unspecified atom stereocenters. The van der Waals surface area contributed by atoms with Gasteiger partial charge in [-0.25, -0.2) is 4.79 Å². The van der Waals surface area contributed by atoms with Gasteiger partial charge in [-0.2, -0.15) is 0 Å². The molecule has 0 bridgehead atoms. The fraction of sp³-hybridized carbons (Fsp3) is 0.579. The molecule has 1 amide bonds. The lowest BCUT2D eigenvalue weighted by molar-refractivity contribution is 0.0171. The summed E-state index contributed by atoms with van der Waals surface area (Å²) >= 11 is 0. The van der Waals surface area contributed by atoms with Crippen molar-refractivity contribution in [3.05, 3.63) is 24.3 Å². The number of carbonyl (C=O) groups is 1. The molecule has 2 rings (SSSR count). The molecule has 0 radical (unpaired) electrons. The Kier molecular flexibility index (Phi) is 6.71.